The number of amides is 1. The Morgan fingerprint density at radius 2 is 1.72 bits per heavy atom. The number of H-pyrrole nitrogens is 1. The predicted octanol–water partition coefficient (Wildman–Crippen LogP) is 4.35. The van der Waals surface area contributed by atoms with E-state index in [4.69, 9.17) is 4.98 Å². The molecule has 2 N–H and O–H groups in total. The minimum Gasteiger partial charge on any atom is -0.342 e. The Morgan fingerprint density at radius 1 is 1.00 bits per heavy atom. The molecule has 4 rings (SSSR count). The number of imidazole rings is 1. The van der Waals surface area contributed by atoms with E-state index in [0.717, 1.165) is 48.1 Å². The highest BCUT2D eigenvalue weighted by molar-refractivity contribution is 5.80. The van der Waals surface area contributed by atoms with Crippen LogP contribution >= 0.6 is 0 Å². The van der Waals surface area contributed by atoms with Gasteiger partial charge in [0.05, 0.1) is 11.0 Å². The number of hydrogen-bond donors (Lipinski definition) is 2. The van der Waals surface area contributed by atoms with Crippen molar-refractivity contribution in [3.8, 4) is 0 Å². The second-order valence-electron chi connectivity index (χ2n) is 6.83. The summed E-state index contributed by atoms with van der Waals surface area (Å²) in [4.78, 5) is 20.9. The van der Waals surface area contributed by atoms with Gasteiger partial charge in [0.25, 0.3) is 0 Å². The molecule has 2 aromatic carbocycles. The molecule has 4 nitrogen and oxygen atoms in total. The molecule has 4 heteroatoms. The third kappa shape index (κ3) is 3.43. The van der Waals surface area contributed by atoms with Crippen molar-refractivity contribution in [1.29, 1.82) is 0 Å². The molecular weight excluding hydrogens is 310 g/mol. The fourth-order valence-electron chi connectivity index (χ4n) is 3.69. The number of aromatic amines is 1. The molecule has 25 heavy (non-hydrogen) atoms. The van der Waals surface area contributed by atoms with Crippen molar-refractivity contribution in [3.05, 3.63) is 66.0 Å². The average Bonchev–Trinajstić information content (AvgIpc) is 3.11. The zero-order valence-electron chi connectivity index (χ0n) is 14.2. The Balaban J connectivity index is 1.65. The van der Waals surface area contributed by atoms with Gasteiger partial charge in [-0.2, -0.15) is 0 Å². The van der Waals surface area contributed by atoms with Crippen molar-refractivity contribution in [2.45, 2.75) is 38.1 Å². The lowest BCUT2D eigenvalue weighted by Gasteiger charge is -2.24. The van der Waals surface area contributed by atoms with E-state index in [1.165, 1.54) is 6.42 Å². The minimum absolute atomic E-state index is 0.129. The Morgan fingerprint density at radius 3 is 2.48 bits per heavy atom. The van der Waals surface area contributed by atoms with E-state index in [0.29, 0.717) is 0 Å². The first kappa shape index (κ1) is 15.9. The van der Waals surface area contributed by atoms with Gasteiger partial charge in [-0.05, 0) is 30.5 Å². The van der Waals surface area contributed by atoms with Crippen LogP contribution in [0.4, 0.5) is 0 Å². The molecule has 3 aromatic rings. The second-order valence-corrected chi connectivity index (χ2v) is 6.83. The van der Waals surface area contributed by atoms with E-state index >= 15 is 0 Å². The maximum Gasteiger partial charge on any atom is 0.223 e. The smallest absolute Gasteiger partial charge is 0.223 e. The van der Waals surface area contributed by atoms with Gasteiger partial charge in [-0.25, -0.2) is 4.98 Å². The van der Waals surface area contributed by atoms with E-state index in [9.17, 15) is 4.79 Å². The van der Waals surface area contributed by atoms with Crippen molar-refractivity contribution in [3.63, 3.8) is 0 Å². The van der Waals surface area contributed by atoms with Crippen LogP contribution in [-0.2, 0) is 4.79 Å². The lowest BCUT2D eigenvalue weighted by Crippen LogP contribution is -2.35. The topological polar surface area (TPSA) is 57.8 Å². The van der Waals surface area contributed by atoms with Crippen LogP contribution in [0, 0.1) is 5.92 Å². The maximum absolute atomic E-state index is 12.8. The lowest BCUT2D eigenvalue weighted by atomic mass is 9.88. The van der Waals surface area contributed by atoms with Crippen LogP contribution in [0.3, 0.4) is 0 Å². The summed E-state index contributed by atoms with van der Waals surface area (Å²) < 4.78 is 0. The van der Waals surface area contributed by atoms with Gasteiger partial charge < -0.3 is 10.3 Å². The van der Waals surface area contributed by atoms with Gasteiger partial charge >= 0.3 is 0 Å². The molecule has 1 heterocycles. The molecule has 1 atom stereocenters. The van der Waals surface area contributed by atoms with E-state index < -0.39 is 0 Å². The zero-order chi connectivity index (χ0) is 17.1. The highest BCUT2D eigenvalue weighted by atomic mass is 16.1. The molecule has 1 fully saturated rings. The van der Waals surface area contributed by atoms with Gasteiger partial charge in [0, 0.05) is 5.92 Å². The molecule has 0 radical (unpaired) electrons. The number of carbonyl (C=O) groups is 1. The van der Waals surface area contributed by atoms with Crippen molar-refractivity contribution in [2.24, 2.45) is 5.92 Å². The van der Waals surface area contributed by atoms with Crippen molar-refractivity contribution in [2.75, 3.05) is 0 Å². The summed E-state index contributed by atoms with van der Waals surface area (Å²) in [5.74, 6) is 1.06. The van der Waals surface area contributed by atoms with Gasteiger partial charge in [-0.3, -0.25) is 4.79 Å². The van der Waals surface area contributed by atoms with E-state index in [1.807, 2.05) is 54.6 Å². The summed E-state index contributed by atoms with van der Waals surface area (Å²) in [6, 6.07) is 17.8. The SMILES string of the molecule is O=C(NC(c1ccccc1)c1nc2ccccc2[nH]1)C1CCCCC1. The molecule has 1 aliphatic rings. The molecule has 1 aliphatic carbocycles. The number of benzene rings is 2. The quantitative estimate of drug-likeness (QED) is 0.746. The Labute approximate surface area is 147 Å². The molecule has 1 aromatic heterocycles. The van der Waals surface area contributed by atoms with Crippen LogP contribution in [0.2, 0.25) is 0 Å². The van der Waals surface area contributed by atoms with Crippen LogP contribution in [-0.4, -0.2) is 15.9 Å². The molecule has 1 unspecified atom stereocenters. The molecular formula is C21H23N3O. The first-order valence-electron chi connectivity index (χ1n) is 9.11. The van der Waals surface area contributed by atoms with E-state index in [1.54, 1.807) is 0 Å². The van der Waals surface area contributed by atoms with Gasteiger partial charge in [0.15, 0.2) is 0 Å². The number of carbonyl (C=O) groups excluding carboxylic acids is 1. The summed E-state index contributed by atoms with van der Waals surface area (Å²) in [6.45, 7) is 0. The number of fused-ring (bicyclic) bond motifs is 1. The third-order valence-corrected chi connectivity index (χ3v) is 5.08. The molecule has 0 spiro atoms. The van der Waals surface area contributed by atoms with Crippen LogP contribution in [0.25, 0.3) is 11.0 Å². The van der Waals surface area contributed by atoms with Crippen LogP contribution in [0.1, 0.15) is 49.5 Å². The van der Waals surface area contributed by atoms with Crippen LogP contribution < -0.4 is 5.32 Å². The highest BCUT2D eigenvalue weighted by Gasteiger charge is 2.26. The van der Waals surface area contributed by atoms with E-state index in [2.05, 4.69) is 10.3 Å². The molecule has 0 saturated heterocycles. The number of aromatic nitrogens is 2. The fourth-order valence-corrected chi connectivity index (χ4v) is 3.69. The van der Waals surface area contributed by atoms with Gasteiger partial charge in [-0.15, -0.1) is 0 Å². The molecule has 0 bridgehead atoms. The molecule has 1 amide bonds. The maximum atomic E-state index is 12.8. The third-order valence-electron chi connectivity index (χ3n) is 5.08. The van der Waals surface area contributed by atoms with Crippen molar-refractivity contribution >= 4 is 16.9 Å². The summed E-state index contributed by atoms with van der Waals surface area (Å²) in [5, 5.41) is 3.25. The van der Waals surface area contributed by atoms with Crippen LogP contribution in [0.5, 0.6) is 0 Å². The van der Waals surface area contributed by atoms with Gasteiger partial charge in [0.1, 0.15) is 11.9 Å². The minimum atomic E-state index is -0.247. The Kier molecular flexibility index (Phi) is 4.51. The number of para-hydroxylation sites is 2. The first-order chi connectivity index (χ1) is 12.3. The van der Waals surface area contributed by atoms with E-state index in [-0.39, 0.29) is 17.9 Å². The summed E-state index contributed by atoms with van der Waals surface area (Å²) in [7, 11) is 0. The standard InChI is InChI=1S/C21H23N3O/c25-21(16-11-5-2-6-12-16)24-19(15-9-3-1-4-10-15)20-22-17-13-7-8-14-18(17)23-20/h1,3-4,7-10,13-14,16,19H,2,5-6,11-12H2,(H,22,23)(H,24,25). The van der Waals surface area contributed by atoms with Crippen molar-refractivity contribution in [1.82, 2.24) is 15.3 Å². The molecule has 0 aliphatic heterocycles. The average molecular weight is 333 g/mol. The Bertz CT molecular complexity index is 817. The highest BCUT2D eigenvalue weighted by Crippen LogP contribution is 2.27. The summed E-state index contributed by atoms with van der Waals surface area (Å²) in [6.07, 6.45) is 5.54. The Hall–Kier alpha value is -2.62. The zero-order valence-corrected chi connectivity index (χ0v) is 14.2. The lowest BCUT2D eigenvalue weighted by molar-refractivity contribution is -0.126. The normalized spacial score (nSPS) is 16.6. The number of rotatable bonds is 4. The van der Waals surface area contributed by atoms with Crippen LogP contribution in [0.15, 0.2) is 54.6 Å². The molecule has 128 valence electrons. The molecule has 1 saturated carbocycles. The fraction of sp³-hybridized carbons (Fsp3) is 0.333. The monoisotopic (exact) mass is 333 g/mol. The van der Waals surface area contributed by atoms with Gasteiger partial charge in [0.2, 0.25) is 5.91 Å². The summed E-state index contributed by atoms with van der Waals surface area (Å²) in [5.41, 5.74) is 2.96. The number of nitrogens with zero attached hydrogens (tertiary/aromatic N) is 1. The largest absolute Gasteiger partial charge is 0.342 e. The van der Waals surface area contributed by atoms with Gasteiger partial charge in [-0.1, -0.05) is 61.7 Å². The first-order valence-corrected chi connectivity index (χ1v) is 9.11. The summed E-state index contributed by atoms with van der Waals surface area (Å²) >= 11 is 0. The second kappa shape index (κ2) is 7.09. The predicted molar refractivity (Wildman–Crippen MR) is 99.1 cm³/mol. The van der Waals surface area contributed by atoms with Crippen molar-refractivity contribution < 1.29 is 4.79 Å². The number of hydrogen-bond acceptors (Lipinski definition) is 2. The number of nitrogens with one attached hydrogen (secondary N) is 2.